The fourth-order valence-electron chi connectivity index (χ4n) is 1.69. The average molecular weight is 300 g/mol. The molecule has 1 aliphatic rings. The largest absolute Gasteiger partial charge is 0.466 e. The smallest absolute Gasteiger partial charge is 0.344 e. The van der Waals surface area contributed by atoms with E-state index in [1.165, 1.54) is 0 Å². The van der Waals surface area contributed by atoms with Gasteiger partial charge in [-0.3, -0.25) is 0 Å². The lowest BCUT2D eigenvalue weighted by Crippen LogP contribution is -2.16. The molecule has 0 heterocycles. The summed E-state index contributed by atoms with van der Waals surface area (Å²) >= 11 is 0. The first-order chi connectivity index (χ1) is 9.75. The number of rotatable bonds is 6. The van der Waals surface area contributed by atoms with Gasteiger partial charge in [0.2, 0.25) is 0 Å². The van der Waals surface area contributed by atoms with E-state index in [-0.39, 0.29) is 11.1 Å². The Morgan fingerprint density at radius 3 is 1.43 bits per heavy atom. The molecule has 8 heteroatoms. The summed E-state index contributed by atoms with van der Waals surface area (Å²) in [4.78, 5) is 45.3. The molecule has 0 saturated heterocycles. The third-order valence-corrected chi connectivity index (χ3v) is 2.94. The summed E-state index contributed by atoms with van der Waals surface area (Å²) in [6.07, 6.45) is 0. The van der Waals surface area contributed by atoms with Gasteiger partial charge in [-0.05, 0) is 0 Å². The van der Waals surface area contributed by atoms with Crippen molar-refractivity contribution in [2.45, 2.75) is 13.8 Å². The number of hydrogen-bond acceptors (Lipinski definition) is 8. The summed E-state index contributed by atoms with van der Waals surface area (Å²) < 4.78 is 18.1. The van der Waals surface area contributed by atoms with E-state index < -0.39 is 42.5 Å². The number of ether oxygens (including phenoxy) is 4. The lowest BCUT2D eigenvalue weighted by molar-refractivity contribution is -0.154. The van der Waals surface area contributed by atoms with Crippen molar-refractivity contribution in [1.82, 2.24) is 0 Å². The second-order valence-corrected chi connectivity index (χ2v) is 4.68. The topological polar surface area (TPSA) is 105 Å². The van der Waals surface area contributed by atoms with Gasteiger partial charge in [-0.15, -0.1) is 0 Å². The lowest BCUT2D eigenvalue weighted by Gasteiger charge is -2.06. The van der Waals surface area contributed by atoms with Gasteiger partial charge < -0.3 is 18.9 Å². The molecule has 116 valence electrons. The quantitative estimate of drug-likeness (QED) is 0.488. The minimum atomic E-state index is -0.819. The maximum absolute atomic E-state index is 11.8. The van der Waals surface area contributed by atoms with Crippen molar-refractivity contribution in [3.63, 3.8) is 0 Å². The predicted octanol–water partition coefficient (Wildman–Crippen LogP) is -0.245. The molecule has 0 radical (unpaired) electrons. The highest BCUT2D eigenvalue weighted by Gasteiger charge is 2.54. The Kier molecular flexibility index (Phi) is 5.07. The van der Waals surface area contributed by atoms with Crippen LogP contribution in [0.1, 0.15) is 13.8 Å². The van der Waals surface area contributed by atoms with Crippen LogP contribution in [0, 0.1) is 5.41 Å². The van der Waals surface area contributed by atoms with Crippen LogP contribution in [0.2, 0.25) is 0 Å². The zero-order valence-corrected chi connectivity index (χ0v) is 12.2. The van der Waals surface area contributed by atoms with Gasteiger partial charge in [-0.1, -0.05) is 13.8 Å². The van der Waals surface area contributed by atoms with Gasteiger partial charge in [-0.25, -0.2) is 19.2 Å². The van der Waals surface area contributed by atoms with Crippen LogP contribution in [0.25, 0.3) is 0 Å². The first-order valence-corrected chi connectivity index (χ1v) is 5.98. The zero-order valence-electron chi connectivity index (χ0n) is 12.2. The van der Waals surface area contributed by atoms with Gasteiger partial charge >= 0.3 is 23.9 Å². The normalized spacial score (nSPS) is 15.0. The van der Waals surface area contributed by atoms with Crippen molar-refractivity contribution in [2.75, 3.05) is 27.4 Å². The molecule has 8 nitrogen and oxygen atoms in total. The van der Waals surface area contributed by atoms with Crippen molar-refractivity contribution in [3.8, 4) is 0 Å². The minimum Gasteiger partial charge on any atom is -0.466 e. The van der Waals surface area contributed by atoms with Crippen LogP contribution in [-0.2, 0) is 38.1 Å². The number of methoxy groups -OCH3 is 2. The van der Waals surface area contributed by atoms with Crippen LogP contribution in [-0.4, -0.2) is 51.3 Å². The molecule has 0 bridgehead atoms. The van der Waals surface area contributed by atoms with Crippen LogP contribution in [0.3, 0.4) is 0 Å². The molecular weight excluding hydrogens is 284 g/mol. The van der Waals surface area contributed by atoms with E-state index >= 15 is 0 Å². The summed E-state index contributed by atoms with van der Waals surface area (Å²) in [5.74, 6) is -3.01. The molecule has 0 fully saturated rings. The average Bonchev–Trinajstić information content (AvgIpc) is 3.03. The van der Waals surface area contributed by atoms with Crippen LogP contribution < -0.4 is 0 Å². The molecule has 0 saturated carbocycles. The number of carbonyl (C=O) groups excluding carboxylic acids is 4. The highest BCUT2D eigenvalue weighted by atomic mass is 16.6. The minimum absolute atomic E-state index is 0.112. The molecule has 0 aromatic rings. The fourth-order valence-corrected chi connectivity index (χ4v) is 1.69. The first-order valence-electron chi connectivity index (χ1n) is 5.98. The van der Waals surface area contributed by atoms with E-state index in [1.54, 1.807) is 13.8 Å². The van der Waals surface area contributed by atoms with Gasteiger partial charge in [-0.2, -0.15) is 0 Å². The van der Waals surface area contributed by atoms with Crippen LogP contribution in [0.15, 0.2) is 11.1 Å². The number of hydrogen-bond donors (Lipinski definition) is 0. The van der Waals surface area contributed by atoms with E-state index in [9.17, 15) is 19.2 Å². The molecule has 0 aromatic heterocycles. The van der Waals surface area contributed by atoms with Crippen LogP contribution >= 0.6 is 0 Å². The molecule has 0 N–H and O–H groups in total. The molecule has 0 atom stereocenters. The summed E-state index contributed by atoms with van der Waals surface area (Å²) in [5.41, 5.74) is -0.594. The first kappa shape index (κ1) is 16.7. The SMILES string of the molecule is COC(=O)COC(=O)C1=C(C(=O)OCC(=O)OC)C1(C)C. The maximum atomic E-state index is 11.8. The Hall–Kier alpha value is -2.38. The van der Waals surface area contributed by atoms with Gasteiger partial charge in [0, 0.05) is 5.41 Å². The summed E-state index contributed by atoms with van der Waals surface area (Å²) in [6, 6.07) is 0. The molecule has 1 rings (SSSR count). The molecule has 0 spiro atoms. The molecule has 0 unspecified atom stereocenters. The highest BCUT2D eigenvalue weighted by molar-refractivity contribution is 6.11. The lowest BCUT2D eigenvalue weighted by atomic mass is 10.0. The zero-order chi connectivity index (χ0) is 16.2. The van der Waals surface area contributed by atoms with Crippen molar-refractivity contribution >= 4 is 23.9 Å². The van der Waals surface area contributed by atoms with E-state index in [0.29, 0.717) is 0 Å². The van der Waals surface area contributed by atoms with Gasteiger partial charge in [0.1, 0.15) is 0 Å². The van der Waals surface area contributed by atoms with Gasteiger partial charge in [0.05, 0.1) is 25.4 Å². The Bertz CT molecular complexity index is 470. The van der Waals surface area contributed by atoms with Crippen molar-refractivity contribution in [1.29, 1.82) is 0 Å². The molecule has 1 aliphatic carbocycles. The predicted molar refractivity (Wildman–Crippen MR) is 66.8 cm³/mol. The summed E-state index contributed by atoms with van der Waals surface area (Å²) in [7, 11) is 2.32. The molecular formula is C13H16O8. The molecule has 0 aromatic carbocycles. The Morgan fingerprint density at radius 1 is 0.810 bits per heavy atom. The van der Waals surface area contributed by atoms with Gasteiger partial charge in [0.25, 0.3) is 0 Å². The standard InChI is InChI=1S/C13H16O8/c1-13(2)9(11(16)20-5-7(14)18-3)10(13)12(17)21-6-8(15)19-4/h5-6H2,1-4H3. The third-order valence-electron chi connectivity index (χ3n) is 2.94. The Labute approximate surface area is 121 Å². The Morgan fingerprint density at radius 2 is 1.14 bits per heavy atom. The number of carbonyl (C=O) groups is 4. The monoisotopic (exact) mass is 300 g/mol. The summed E-state index contributed by atoms with van der Waals surface area (Å²) in [6.45, 7) is 2.16. The van der Waals surface area contributed by atoms with E-state index in [2.05, 4.69) is 9.47 Å². The van der Waals surface area contributed by atoms with E-state index in [4.69, 9.17) is 9.47 Å². The van der Waals surface area contributed by atoms with E-state index in [1.807, 2.05) is 0 Å². The van der Waals surface area contributed by atoms with Crippen LogP contribution in [0.4, 0.5) is 0 Å². The third kappa shape index (κ3) is 3.80. The summed E-state index contributed by atoms with van der Waals surface area (Å²) in [5, 5.41) is 0. The second-order valence-electron chi connectivity index (χ2n) is 4.68. The van der Waals surface area contributed by atoms with Crippen molar-refractivity contribution in [2.24, 2.45) is 5.41 Å². The molecule has 0 amide bonds. The van der Waals surface area contributed by atoms with E-state index in [0.717, 1.165) is 14.2 Å². The molecule has 21 heavy (non-hydrogen) atoms. The second kappa shape index (κ2) is 6.38. The molecule has 0 aliphatic heterocycles. The van der Waals surface area contributed by atoms with Gasteiger partial charge in [0.15, 0.2) is 13.2 Å². The highest BCUT2D eigenvalue weighted by Crippen LogP contribution is 2.52. The van der Waals surface area contributed by atoms with Crippen LogP contribution in [0.5, 0.6) is 0 Å². The Balaban J connectivity index is 2.65. The number of esters is 4. The van der Waals surface area contributed by atoms with Crippen molar-refractivity contribution < 1.29 is 38.1 Å². The fraction of sp³-hybridized carbons (Fsp3) is 0.538. The maximum Gasteiger partial charge on any atom is 0.344 e. The van der Waals surface area contributed by atoms with Crippen molar-refractivity contribution in [3.05, 3.63) is 11.1 Å².